The highest BCUT2D eigenvalue weighted by Gasteiger charge is 2.52. The molecule has 0 bridgehead atoms. The molecule has 2 N–H and O–H groups in total. The number of amides is 1. The zero-order valence-corrected chi connectivity index (χ0v) is 15.5. The van der Waals surface area contributed by atoms with Crippen molar-refractivity contribution in [3.63, 3.8) is 0 Å². The van der Waals surface area contributed by atoms with Crippen molar-refractivity contribution in [2.24, 2.45) is 0 Å². The Morgan fingerprint density at radius 1 is 0.929 bits per heavy atom. The predicted molar refractivity (Wildman–Crippen MR) is 110 cm³/mol. The van der Waals surface area contributed by atoms with Crippen LogP contribution in [0.5, 0.6) is 0 Å². The van der Waals surface area contributed by atoms with Gasteiger partial charge in [0.05, 0.1) is 12.2 Å². The van der Waals surface area contributed by atoms with Gasteiger partial charge in [0.2, 0.25) is 0 Å². The molecule has 2 heterocycles. The summed E-state index contributed by atoms with van der Waals surface area (Å²) in [4.78, 5) is 18.5. The van der Waals surface area contributed by atoms with Crippen LogP contribution in [0.15, 0.2) is 79.0 Å². The lowest BCUT2D eigenvalue weighted by Gasteiger charge is -2.23. The molecule has 3 aromatic carbocycles. The normalized spacial score (nSPS) is 18.6. The molecule has 4 heteroatoms. The monoisotopic (exact) mass is 368 g/mol. The molecule has 1 atom stereocenters. The average molecular weight is 368 g/mol. The van der Waals surface area contributed by atoms with Crippen molar-refractivity contribution in [2.75, 3.05) is 4.90 Å². The summed E-state index contributed by atoms with van der Waals surface area (Å²) in [6.45, 7) is 2.40. The van der Waals surface area contributed by atoms with Crippen LogP contribution in [-0.4, -0.2) is 16.0 Å². The molecule has 138 valence electrons. The van der Waals surface area contributed by atoms with Crippen LogP contribution in [0.4, 0.5) is 5.69 Å². The summed E-state index contributed by atoms with van der Waals surface area (Å²) in [6.07, 6.45) is 1.75. The minimum atomic E-state index is -1.71. The quantitative estimate of drug-likeness (QED) is 0.568. The molecular weight excluding hydrogens is 348 g/mol. The first kappa shape index (κ1) is 16.8. The number of benzene rings is 3. The number of nitrogens with zero attached hydrogens (tertiary/aromatic N) is 1. The Bertz CT molecular complexity index is 1200. The largest absolute Gasteiger partial charge is 0.372 e. The zero-order valence-electron chi connectivity index (χ0n) is 15.5. The van der Waals surface area contributed by atoms with Crippen molar-refractivity contribution in [3.05, 3.63) is 101 Å². The Kier molecular flexibility index (Phi) is 3.64. The molecule has 1 aliphatic rings. The van der Waals surface area contributed by atoms with E-state index < -0.39 is 5.60 Å². The summed E-state index contributed by atoms with van der Waals surface area (Å²) in [5, 5.41) is 12.7. The van der Waals surface area contributed by atoms with E-state index in [2.05, 4.69) is 4.98 Å². The lowest BCUT2D eigenvalue weighted by Crippen LogP contribution is -2.40. The van der Waals surface area contributed by atoms with Gasteiger partial charge in [-0.15, -0.1) is 0 Å². The van der Waals surface area contributed by atoms with Gasteiger partial charge < -0.3 is 15.0 Å². The lowest BCUT2D eigenvalue weighted by molar-refractivity contribution is -0.132. The smallest absolute Gasteiger partial charge is 0.268 e. The third-order valence-corrected chi connectivity index (χ3v) is 5.61. The molecule has 0 spiro atoms. The first-order valence-corrected chi connectivity index (χ1v) is 9.35. The van der Waals surface area contributed by atoms with Crippen molar-refractivity contribution in [3.8, 4) is 0 Å². The number of hydrogen-bond acceptors (Lipinski definition) is 2. The summed E-state index contributed by atoms with van der Waals surface area (Å²) in [5.74, 6) is -0.314. The SMILES string of the molecule is Cc1cccc2c1N(Cc1ccccc1)C(=O)C2(O)c1c[nH]c2ccccc12. The number of nitrogens with one attached hydrogen (secondary N) is 1. The number of aromatic nitrogens is 1. The topological polar surface area (TPSA) is 56.3 Å². The molecule has 0 saturated carbocycles. The first-order chi connectivity index (χ1) is 13.6. The van der Waals surface area contributed by atoms with E-state index in [9.17, 15) is 9.90 Å². The van der Waals surface area contributed by atoms with Crippen LogP contribution in [0.1, 0.15) is 22.3 Å². The van der Waals surface area contributed by atoms with E-state index in [1.807, 2.05) is 79.7 Å². The summed E-state index contributed by atoms with van der Waals surface area (Å²) in [6, 6.07) is 23.3. The van der Waals surface area contributed by atoms with E-state index >= 15 is 0 Å². The summed E-state index contributed by atoms with van der Waals surface area (Å²) >= 11 is 0. The number of anilines is 1. The second kappa shape index (κ2) is 6.08. The van der Waals surface area contributed by atoms with Gasteiger partial charge in [0.15, 0.2) is 5.60 Å². The Hall–Kier alpha value is -3.37. The van der Waals surface area contributed by atoms with Gasteiger partial charge in [-0.25, -0.2) is 0 Å². The molecule has 4 nitrogen and oxygen atoms in total. The summed E-state index contributed by atoms with van der Waals surface area (Å²) < 4.78 is 0. The molecule has 5 rings (SSSR count). The fourth-order valence-corrected chi connectivity index (χ4v) is 4.27. The van der Waals surface area contributed by atoms with E-state index in [-0.39, 0.29) is 5.91 Å². The molecule has 1 aromatic heterocycles. The molecular formula is C24H20N2O2. The van der Waals surface area contributed by atoms with Gasteiger partial charge in [-0.1, -0.05) is 66.7 Å². The number of para-hydroxylation sites is 2. The predicted octanol–water partition coefficient (Wildman–Crippen LogP) is 4.26. The number of aliphatic hydroxyl groups is 1. The van der Waals surface area contributed by atoms with Gasteiger partial charge in [-0.05, 0) is 24.1 Å². The molecule has 1 aliphatic heterocycles. The van der Waals surface area contributed by atoms with E-state index in [0.29, 0.717) is 17.7 Å². The van der Waals surface area contributed by atoms with Crippen LogP contribution in [-0.2, 0) is 16.9 Å². The molecule has 28 heavy (non-hydrogen) atoms. The lowest BCUT2D eigenvalue weighted by atomic mass is 9.86. The van der Waals surface area contributed by atoms with Crippen LogP contribution in [0.3, 0.4) is 0 Å². The molecule has 0 saturated heterocycles. The highest BCUT2D eigenvalue weighted by molar-refractivity contribution is 6.11. The van der Waals surface area contributed by atoms with Crippen LogP contribution >= 0.6 is 0 Å². The van der Waals surface area contributed by atoms with E-state index in [1.165, 1.54) is 0 Å². The maximum atomic E-state index is 13.6. The number of aromatic amines is 1. The number of aryl methyl sites for hydroxylation is 1. The van der Waals surface area contributed by atoms with Crippen molar-refractivity contribution in [1.82, 2.24) is 4.98 Å². The van der Waals surface area contributed by atoms with Gasteiger partial charge >= 0.3 is 0 Å². The van der Waals surface area contributed by atoms with Crippen molar-refractivity contribution in [1.29, 1.82) is 0 Å². The van der Waals surface area contributed by atoms with E-state index in [1.54, 1.807) is 11.1 Å². The Balaban J connectivity index is 1.72. The molecule has 1 unspecified atom stereocenters. The van der Waals surface area contributed by atoms with Gasteiger partial charge in [0.1, 0.15) is 0 Å². The minimum absolute atomic E-state index is 0.314. The summed E-state index contributed by atoms with van der Waals surface area (Å²) in [7, 11) is 0. The van der Waals surface area contributed by atoms with Crippen LogP contribution < -0.4 is 4.90 Å². The average Bonchev–Trinajstić information content (AvgIpc) is 3.24. The van der Waals surface area contributed by atoms with Crippen LogP contribution in [0.2, 0.25) is 0 Å². The number of carbonyl (C=O) groups excluding carboxylic acids is 1. The van der Waals surface area contributed by atoms with Gasteiger partial charge in [-0.2, -0.15) is 0 Å². The molecule has 1 amide bonds. The zero-order chi connectivity index (χ0) is 19.3. The number of rotatable bonds is 3. The standard InChI is InChI=1S/C24H20N2O2/c1-16-8-7-12-19-22(16)26(15-17-9-3-2-4-10-17)23(27)24(19,28)20-14-25-21-13-6-5-11-18(20)21/h2-14,25,28H,15H2,1H3. The Morgan fingerprint density at radius 3 is 2.50 bits per heavy atom. The highest BCUT2D eigenvalue weighted by Crippen LogP contribution is 2.48. The van der Waals surface area contributed by atoms with Gasteiger partial charge in [0.25, 0.3) is 5.91 Å². The third kappa shape index (κ3) is 2.25. The fraction of sp³-hybridized carbons (Fsp3) is 0.125. The first-order valence-electron chi connectivity index (χ1n) is 9.35. The van der Waals surface area contributed by atoms with Crippen molar-refractivity contribution < 1.29 is 9.90 Å². The number of fused-ring (bicyclic) bond motifs is 2. The molecule has 0 radical (unpaired) electrons. The molecule has 0 aliphatic carbocycles. The van der Waals surface area contributed by atoms with Gasteiger partial charge in [-0.3, -0.25) is 4.79 Å². The molecule has 4 aromatic rings. The molecule has 0 fully saturated rings. The van der Waals surface area contributed by atoms with Gasteiger partial charge in [0, 0.05) is 28.2 Å². The van der Waals surface area contributed by atoms with Crippen LogP contribution in [0.25, 0.3) is 10.9 Å². The van der Waals surface area contributed by atoms with Crippen molar-refractivity contribution >= 4 is 22.5 Å². The number of carbonyl (C=O) groups is 1. The van der Waals surface area contributed by atoms with Crippen molar-refractivity contribution in [2.45, 2.75) is 19.1 Å². The van der Waals surface area contributed by atoms with E-state index in [4.69, 9.17) is 0 Å². The maximum absolute atomic E-state index is 13.6. The highest BCUT2D eigenvalue weighted by atomic mass is 16.3. The Morgan fingerprint density at radius 2 is 1.68 bits per heavy atom. The number of H-pyrrole nitrogens is 1. The second-order valence-electron chi connectivity index (χ2n) is 7.31. The maximum Gasteiger partial charge on any atom is 0.268 e. The third-order valence-electron chi connectivity index (χ3n) is 5.61. The Labute approximate surface area is 163 Å². The summed E-state index contributed by atoms with van der Waals surface area (Å²) in [5.41, 5.74) is 3.20. The fourth-order valence-electron chi connectivity index (χ4n) is 4.27. The second-order valence-corrected chi connectivity index (χ2v) is 7.31. The van der Waals surface area contributed by atoms with Crippen LogP contribution in [0, 0.1) is 6.92 Å². The van der Waals surface area contributed by atoms with E-state index in [0.717, 1.165) is 27.7 Å². The number of hydrogen-bond donors (Lipinski definition) is 2. The minimum Gasteiger partial charge on any atom is -0.372 e.